The summed E-state index contributed by atoms with van der Waals surface area (Å²) in [4.78, 5) is 13.6. The molecule has 0 amide bonds. The van der Waals surface area contributed by atoms with Crippen LogP contribution in [-0.2, 0) is 64.7 Å². The fraction of sp³-hybridized carbons (Fsp3) is 0.673. The minimum absolute atomic E-state index is 0. The van der Waals surface area contributed by atoms with E-state index in [1.807, 2.05) is 24.3 Å². The number of halogens is 2. The molecule has 1 fully saturated rings. The zero-order chi connectivity index (χ0) is 90.7. The van der Waals surface area contributed by atoms with Crippen molar-refractivity contribution in [3.05, 3.63) is 190 Å². The van der Waals surface area contributed by atoms with E-state index in [1.165, 1.54) is 108 Å². The molecule has 0 atom stereocenters. The Kier molecular flexibility index (Phi) is 52.8. The number of aliphatic imine (C=N–C) groups is 1. The van der Waals surface area contributed by atoms with Crippen molar-refractivity contribution in [3.8, 4) is 12.0 Å². The number of nitrogens with zero attached hydrogens (tertiary/aromatic N) is 2. The monoisotopic (exact) mass is 1840 g/mol. The Morgan fingerprint density at radius 3 is 0.852 bits per heavy atom. The van der Waals surface area contributed by atoms with Gasteiger partial charge in [-0.15, -0.1) is 18.4 Å². The van der Waals surface area contributed by atoms with Crippen molar-refractivity contribution in [1.82, 2.24) is 0 Å². The summed E-state index contributed by atoms with van der Waals surface area (Å²) >= 11 is 7.25. The first-order valence-electron chi connectivity index (χ1n) is 44.8. The van der Waals surface area contributed by atoms with E-state index in [0.29, 0.717) is 22.3 Å². The van der Waals surface area contributed by atoms with Gasteiger partial charge in [-0.05, 0) is 289 Å². The number of aliphatic hydroxyl groups excluding tert-OH is 2. The SMILES string of the molecule is C.C1CCOC1.C=CCC(C)(C)CC(C)(C)c1cc(C(C)(C)C)cc(C(C)(C)CC(C)(C)CC=C)c1.CC(C)(CCCBr)CC(C)(C)c1cc(C(C)(C)C)cc(C(C)(C)CC(C)(C)CCCBr)c1.CC(C)(CCCO)CC(C)(C)c1cc(C(C)(C)C)cc(C(C)(C)CC(C)(C)CCCO)c1.N#COc1ccc(Cc2ccc(N=C=O)cc2)cc1.O.[K+].[OH-]. The average molecular weight is 1840 g/mol. The van der Waals surface area contributed by atoms with E-state index in [9.17, 15) is 15.0 Å². The molecule has 688 valence electrons. The third kappa shape index (κ3) is 45.3. The van der Waals surface area contributed by atoms with Gasteiger partial charge >= 0.3 is 51.4 Å². The quantitative estimate of drug-likeness (QED) is 0.00988. The van der Waals surface area contributed by atoms with Crippen LogP contribution in [0.3, 0.4) is 0 Å². The summed E-state index contributed by atoms with van der Waals surface area (Å²) in [5.41, 5.74) is 18.5. The topological polar surface area (TPSA) is 174 Å². The number of ether oxygens (including phenoxy) is 2. The molecular weight excluding hydrogens is 1660 g/mol. The zero-order valence-electron chi connectivity index (χ0n) is 83.8. The predicted molar refractivity (Wildman–Crippen MR) is 534 cm³/mol. The van der Waals surface area contributed by atoms with Crippen molar-refractivity contribution in [2.45, 2.75) is 407 Å². The van der Waals surface area contributed by atoms with Crippen LogP contribution in [0.2, 0.25) is 0 Å². The second kappa shape index (κ2) is 52.5. The van der Waals surface area contributed by atoms with Crippen LogP contribution in [0.1, 0.15) is 413 Å². The number of hydrogen-bond donors (Lipinski definition) is 2. The molecule has 0 aromatic heterocycles. The standard InChI is InChI=1S/C30H52Br2.C30H54O2.C30H50.C15H10N2O2.C4H8O.CH4.K.2H2O/c2*1-26(2,3)23-18-24(29(8,9)21-27(4,5)14-12-16-31)20-25(19-23)30(10,11)22-28(6,7)15-13-17-32;1-14-16-27(6,7)21-29(10,11)24-18-23(26(3,4)5)19-25(20-24)30(12,13)22-28(8,9)17-15-2;16-10-19-15-7-3-13(4-8-15)9-12-1-5-14(6-2-12)17-11-18;1-2-4-5-3-1;;;;/h18-20H,12-17,21-22H2,1-11H3;18-20,31-32H,12-17,21-22H2,1-11H3;14-15,18-20H,1-2,16-17,21-22H2,3-13H3;1-8H,9H2;1-4H2;1H4;;2*1H2/q;;;;;;+1;;/p-1. The molecule has 0 spiro atoms. The molecule has 5 aromatic carbocycles. The van der Waals surface area contributed by atoms with Crippen LogP contribution in [0.5, 0.6) is 5.75 Å². The second-order valence-corrected chi connectivity index (χ2v) is 48.5. The van der Waals surface area contributed by atoms with E-state index in [2.05, 4.69) is 345 Å². The molecule has 122 heavy (non-hydrogen) atoms. The van der Waals surface area contributed by atoms with E-state index in [1.54, 1.807) is 30.5 Å². The van der Waals surface area contributed by atoms with Gasteiger partial charge in [-0.1, -0.05) is 359 Å². The minimum Gasteiger partial charge on any atom is -0.870 e. The molecule has 1 saturated heterocycles. The Hall–Kier alpha value is -3.35. The summed E-state index contributed by atoms with van der Waals surface area (Å²) in [7, 11) is 0. The van der Waals surface area contributed by atoms with Gasteiger partial charge in [-0.3, -0.25) is 0 Å². The third-order valence-corrected chi connectivity index (χ3v) is 25.6. The van der Waals surface area contributed by atoms with Gasteiger partial charge in [0.05, 0.1) is 5.69 Å². The minimum atomic E-state index is 0. The van der Waals surface area contributed by atoms with Crippen LogP contribution in [0, 0.1) is 44.0 Å². The number of benzene rings is 5. The van der Waals surface area contributed by atoms with Crippen molar-refractivity contribution in [2.24, 2.45) is 37.5 Å². The fourth-order valence-corrected chi connectivity index (χ4v) is 19.6. The first-order chi connectivity index (χ1) is 53.9. The van der Waals surface area contributed by atoms with Gasteiger partial charge in [0.25, 0.3) is 6.26 Å². The molecule has 0 unspecified atom stereocenters. The number of isocyanates is 1. The van der Waals surface area contributed by atoms with Crippen LogP contribution in [-0.4, -0.2) is 64.3 Å². The molecule has 5 aromatic rings. The molecular formula is C110H181Br2KN2O7. The fourth-order valence-electron chi connectivity index (χ4n) is 19.0. The van der Waals surface area contributed by atoms with E-state index >= 15 is 0 Å². The number of allylic oxidation sites excluding steroid dienone is 2. The molecule has 6 rings (SSSR count). The van der Waals surface area contributed by atoms with Gasteiger partial charge < -0.3 is 30.6 Å². The predicted octanol–water partition coefficient (Wildman–Crippen LogP) is 28.7. The van der Waals surface area contributed by atoms with Crippen molar-refractivity contribution in [1.29, 1.82) is 5.26 Å². The van der Waals surface area contributed by atoms with Gasteiger partial charge in [-0.2, -0.15) is 4.99 Å². The molecule has 1 aliphatic heterocycles. The van der Waals surface area contributed by atoms with E-state index in [4.69, 9.17) is 14.7 Å². The molecule has 0 radical (unpaired) electrons. The molecule has 0 bridgehead atoms. The van der Waals surface area contributed by atoms with Gasteiger partial charge in [0.2, 0.25) is 6.08 Å². The molecule has 1 aliphatic rings. The largest absolute Gasteiger partial charge is 1.00 e. The van der Waals surface area contributed by atoms with Crippen LogP contribution in [0.25, 0.3) is 0 Å². The summed E-state index contributed by atoms with van der Waals surface area (Å²) in [6.45, 7) is 89.2. The first kappa shape index (κ1) is 123. The van der Waals surface area contributed by atoms with E-state index in [-0.39, 0.29) is 153 Å². The second-order valence-electron chi connectivity index (χ2n) is 46.9. The molecule has 0 saturated carbocycles. The first-order valence-corrected chi connectivity index (χ1v) is 47.1. The van der Waals surface area contributed by atoms with Crippen molar-refractivity contribution >= 4 is 43.6 Å². The van der Waals surface area contributed by atoms with Gasteiger partial charge in [-0.25, -0.2) is 4.79 Å². The Morgan fingerprint density at radius 1 is 0.410 bits per heavy atom. The number of nitriles is 1. The number of rotatable bonds is 38. The van der Waals surface area contributed by atoms with Crippen LogP contribution in [0.4, 0.5) is 5.69 Å². The van der Waals surface area contributed by atoms with Crippen molar-refractivity contribution in [2.75, 3.05) is 37.1 Å². The van der Waals surface area contributed by atoms with Gasteiger partial charge in [0.15, 0.2) is 0 Å². The van der Waals surface area contributed by atoms with Crippen molar-refractivity contribution < 1.29 is 86.8 Å². The van der Waals surface area contributed by atoms with Crippen LogP contribution >= 0.6 is 31.9 Å². The summed E-state index contributed by atoms with van der Waals surface area (Å²) in [5.74, 6) is 0.530. The molecule has 12 heteroatoms. The summed E-state index contributed by atoms with van der Waals surface area (Å²) in [6.07, 6.45) is 28.4. The summed E-state index contributed by atoms with van der Waals surface area (Å²) < 4.78 is 9.65. The third-order valence-electron chi connectivity index (χ3n) is 24.4. The summed E-state index contributed by atoms with van der Waals surface area (Å²) in [6, 6.07) is 37.1. The molecule has 0 aliphatic carbocycles. The van der Waals surface area contributed by atoms with E-state index in [0.717, 1.165) is 106 Å². The van der Waals surface area contributed by atoms with Crippen molar-refractivity contribution in [3.63, 3.8) is 0 Å². The smallest absolute Gasteiger partial charge is 0.870 e. The Labute approximate surface area is 810 Å². The summed E-state index contributed by atoms with van der Waals surface area (Å²) in [5, 5.41) is 29.2. The van der Waals surface area contributed by atoms with E-state index < -0.39 is 0 Å². The Morgan fingerprint density at radius 2 is 0.648 bits per heavy atom. The van der Waals surface area contributed by atoms with Crippen LogP contribution < -0.4 is 56.1 Å². The molecule has 1 heterocycles. The normalized spacial score (nSPS) is 13.3. The number of hydrogen-bond acceptors (Lipinski definition) is 8. The maximum Gasteiger partial charge on any atom is 1.00 e. The molecule has 5 N–H and O–H groups in total. The maximum absolute atomic E-state index is 10.1. The Bertz CT molecular complexity index is 3630. The molecule has 9 nitrogen and oxygen atoms in total. The van der Waals surface area contributed by atoms with Gasteiger partial charge in [0.1, 0.15) is 5.75 Å². The van der Waals surface area contributed by atoms with Gasteiger partial charge in [0, 0.05) is 37.1 Å². The number of carbonyl (C=O) groups excluding carboxylic acids is 1. The number of alkyl halides is 2. The maximum atomic E-state index is 10.1. The Balaban J connectivity index is -0.00000152. The van der Waals surface area contributed by atoms with Crippen LogP contribution in [0.15, 0.2) is 133 Å². The average Bonchev–Trinajstić information content (AvgIpc) is 0.923. The zero-order valence-corrected chi connectivity index (χ0v) is 90.1. The number of aliphatic hydroxyl groups is 2.